The first-order valence-corrected chi connectivity index (χ1v) is 7.09. The number of carbonyl (C=O) groups excluding carboxylic acids is 1. The highest BCUT2D eigenvalue weighted by atomic mass is 35.5. The second kappa shape index (κ2) is 8.77. The maximum Gasteiger partial charge on any atom is 0.225 e. The average Bonchev–Trinajstić information content (AvgIpc) is 2.69. The zero-order valence-corrected chi connectivity index (χ0v) is 13.6. The van der Waals surface area contributed by atoms with Gasteiger partial charge in [0.25, 0.3) is 0 Å². The number of hydrogen-bond donors (Lipinski definition) is 1. The molecule has 0 aromatic heterocycles. The molecule has 2 N–H and O–H groups in total. The molecule has 1 fully saturated rings. The third kappa shape index (κ3) is 6.59. The van der Waals surface area contributed by atoms with Gasteiger partial charge in [0.1, 0.15) is 0 Å². The van der Waals surface area contributed by atoms with Crippen molar-refractivity contribution in [2.24, 2.45) is 17.6 Å². The van der Waals surface area contributed by atoms with E-state index >= 15 is 0 Å². The van der Waals surface area contributed by atoms with Crippen molar-refractivity contribution in [1.29, 1.82) is 0 Å². The van der Waals surface area contributed by atoms with E-state index in [2.05, 4.69) is 18.7 Å². The van der Waals surface area contributed by atoms with Gasteiger partial charge in [0, 0.05) is 31.6 Å². The van der Waals surface area contributed by atoms with E-state index in [1.165, 1.54) is 0 Å². The molecule has 1 aliphatic rings. The number of nitrogens with two attached hydrogens (primary N) is 1. The van der Waals surface area contributed by atoms with E-state index in [9.17, 15) is 4.79 Å². The van der Waals surface area contributed by atoms with Crippen molar-refractivity contribution in [3.8, 4) is 0 Å². The summed E-state index contributed by atoms with van der Waals surface area (Å²) >= 11 is 0. The van der Waals surface area contributed by atoms with Gasteiger partial charge in [-0.3, -0.25) is 4.79 Å². The molecule has 5 heteroatoms. The van der Waals surface area contributed by atoms with Crippen LogP contribution in [0.25, 0.3) is 0 Å². The van der Waals surface area contributed by atoms with E-state index in [0.29, 0.717) is 11.8 Å². The van der Waals surface area contributed by atoms with Crippen molar-refractivity contribution in [2.75, 3.05) is 33.7 Å². The van der Waals surface area contributed by atoms with E-state index in [-0.39, 0.29) is 24.4 Å². The van der Waals surface area contributed by atoms with E-state index in [1.54, 1.807) is 0 Å². The topological polar surface area (TPSA) is 49.6 Å². The zero-order valence-electron chi connectivity index (χ0n) is 12.8. The van der Waals surface area contributed by atoms with E-state index in [0.717, 1.165) is 38.9 Å². The summed E-state index contributed by atoms with van der Waals surface area (Å²) in [4.78, 5) is 16.7. The highest BCUT2D eigenvalue weighted by Crippen LogP contribution is 2.26. The van der Waals surface area contributed by atoms with Gasteiger partial charge in [-0.2, -0.15) is 0 Å². The van der Waals surface area contributed by atoms with Crippen molar-refractivity contribution in [3.63, 3.8) is 0 Å². The SMILES string of the molecule is CC(C)CN(CCN(C)C)C(=O)C1CCC(N)C1.Cl. The van der Waals surface area contributed by atoms with Crippen LogP contribution in [-0.4, -0.2) is 55.5 Å². The molecule has 0 aromatic carbocycles. The predicted octanol–water partition coefficient (Wildman–Crippen LogP) is 1.58. The molecule has 2 atom stereocenters. The van der Waals surface area contributed by atoms with Crippen LogP contribution in [-0.2, 0) is 4.79 Å². The fourth-order valence-electron chi connectivity index (χ4n) is 2.55. The first-order valence-electron chi connectivity index (χ1n) is 7.09. The molecule has 0 aromatic rings. The molecule has 1 saturated carbocycles. The van der Waals surface area contributed by atoms with Gasteiger partial charge >= 0.3 is 0 Å². The number of amides is 1. The van der Waals surface area contributed by atoms with Gasteiger partial charge in [-0.05, 0) is 39.3 Å². The van der Waals surface area contributed by atoms with Crippen LogP contribution in [0.4, 0.5) is 0 Å². The summed E-state index contributed by atoms with van der Waals surface area (Å²) in [6.45, 7) is 6.94. The zero-order chi connectivity index (χ0) is 13.7. The largest absolute Gasteiger partial charge is 0.341 e. The Bertz CT molecular complexity index is 271. The summed E-state index contributed by atoms with van der Waals surface area (Å²) in [5, 5.41) is 0. The fraction of sp³-hybridized carbons (Fsp3) is 0.929. The number of halogens is 1. The Hall–Kier alpha value is -0.320. The minimum atomic E-state index is 0. The molecule has 4 nitrogen and oxygen atoms in total. The number of nitrogens with zero attached hydrogens (tertiary/aromatic N) is 2. The molecular formula is C14H30ClN3O. The molecular weight excluding hydrogens is 262 g/mol. The molecule has 0 heterocycles. The minimum absolute atomic E-state index is 0. The first-order chi connectivity index (χ1) is 8.40. The Morgan fingerprint density at radius 1 is 1.26 bits per heavy atom. The smallest absolute Gasteiger partial charge is 0.225 e. The van der Waals surface area contributed by atoms with Crippen LogP contribution < -0.4 is 5.73 Å². The Balaban J connectivity index is 0.00000324. The molecule has 19 heavy (non-hydrogen) atoms. The van der Waals surface area contributed by atoms with E-state index < -0.39 is 0 Å². The summed E-state index contributed by atoms with van der Waals surface area (Å²) in [7, 11) is 4.09. The summed E-state index contributed by atoms with van der Waals surface area (Å²) < 4.78 is 0. The minimum Gasteiger partial charge on any atom is -0.341 e. The molecule has 0 bridgehead atoms. The van der Waals surface area contributed by atoms with E-state index in [4.69, 9.17) is 5.73 Å². The van der Waals surface area contributed by atoms with Gasteiger partial charge in [-0.15, -0.1) is 12.4 Å². The number of rotatable bonds is 6. The van der Waals surface area contributed by atoms with Crippen molar-refractivity contribution in [1.82, 2.24) is 9.80 Å². The standard InChI is InChI=1S/C14H29N3O.ClH/c1-11(2)10-17(8-7-16(3)4)14(18)12-5-6-13(15)9-12;/h11-13H,5-10,15H2,1-4H3;1H. The predicted molar refractivity (Wildman–Crippen MR) is 82.5 cm³/mol. The van der Waals surface area contributed by atoms with Crippen LogP contribution in [0.15, 0.2) is 0 Å². The van der Waals surface area contributed by atoms with Gasteiger partial charge in [0.2, 0.25) is 5.91 Å². The Kier molecular flexibility index (Phi) is 8.62. The third-order valence-electron chi connectivity index (χ3n) is 3.54. The highest BCUT2D eigenvalue weighted by Gasteiger charge is 2.31. The molecule has 0 saturated heterocycles. The van der Waals surface area contributed by atoms with Gasteiger partial charge in [-0.25, -0.2) is 0 Å². The number of hydrogen-bond acceptors (Lipinski definition) is 3. The summed E-state index contributed by atoms with van der Waals surface area (Å²) in [6.07, 6.45) is 2.84. The quantitative estimate of drug-likeness (QED) is 0.808. The van der Waals surface area contributed by atoms with Crippen LogP contribution in [0.1, 0.15) is 33.1 Å². The van der Waals surface area contributed by atoms with Crippen LogP contribution in [0, 0.1) is 11.8 Å². The lowest BCUT2D eigenvalue weighted by molar-refractivity contribution is -0.136. The molecule has 0 spiro atoms. The van der Waals surface area contributed by atoms with Crippen LogP contribution in [0.5, 0.6) is 0 Å². The lowest BCUT2D eigenvalue weighted by atomic mass is 10.1. The second-order valence-electron chi connectivity index (χ2n) is 6.25. The second-order valence-corrected chi connectivity index (χ2v) is 6.25. The molecule has 0 aliphatic heterocycles. The summed E-state index contributed by atoms with van der Waals surface area (Å²) in [5.41, 5.74) is 5.91. The van der Waals surface area contributed by atoms with E-state index in [1.807, 2.05) is 19.0 Å². The molecule has 1 amide bonds. The van der Waals surface area contributed by atoms with Crippen molar-refractivity contribution >= 4 is 18.3 Å². The summed E-state index contributed by atoms with van der Waals surface area (Å²) in [5.74, 6) is 1.01. The van der Waals surface area contributed by atoms with Crippen LogP contribution in [0.2, 0.25) is 0 Å². The highest BCUT2D eigenvalue weighted by molar-refractivity contribution is 5.85. The monoisotopic (exact) mass is 291 g/mol. The molecule has 1 rings (SSSR count). The first kappa shape index (κ1) is 18.7. The lowest BCUT2D eigenvalue weighted by Gasteiger charge is -2.28. The fourth-order valence-corrected chi connectivity index (χ4v) is 2.55. The summed E-state index contributed by atoms with van der Waals surface area (Å²) in [6, 6.07) is 0.230. The number of carbonyl (C=O) groups is 1. The number of likely N-dealkylation sites (N-methyl/N-ethyl adjacent to an activating group) is 1. The molecule has 0 radical (unpaired) electrons. The maximum absolute atomic E-state index is 12.5. The maximum atomic E-state index is 12.5. The van der Waals surface area contributed by atoms with Gasteiger partial charge in [0.15, 0.2) is 0 Å². The van der Waals surface area contributed by atoms with Crippen LogP contribution >= 0.6 is 12.4 Å². The van der Waals surface area contributed by atoms with Crippen molar-refractivity contribution in [2.45, 2.75) is 39.2 Å². The lowest BCUT2D eigenvalue weighted by Crippen LogP contribution is -2.42. The Morgan fingerprint density at radius 3 is 2.32 bits per heavy atom. The molecule has 2 unspecified atom stereocenters. The van der Waals surface area contributed by atoms with Crippen LogP contribution in [0.3, 0.4) is 0 Å². The van der Waals surface area contributed by atoms with Gasteiger partial charge in [-0.1, -0.05) is 13.8 Å². The Morgan fingerprint density at radius 2 is 1.89 bits per heavy atom. The normalized spacial score (nSPS) is 22.7. The molecule has 1 aliphatic carbocycles. The third-order valence-corrected chi connectivity index (χ3v) is 3.54. The average molecular weight is 292 g/mol. The van der Waals surface area contributed by atoms with Gasteiger partial charge < -0.3 is 15.5 Å². The molecule has 114 valence electrons. The van der Waals surface area contributed by atoms with Crippen molar-refractivity contribution in [3.05, 3.63) is 0 Å². The van der Waals surface area contributed by atoms with Crippen molar-refractivity contribution < 1.29 is 4.79 Å². The van der Waals surface area contributed by atoms with Gasteiger partial charge in [0.05, 0.1) is 0 Å². The Labute approximate surface area is 124 Å².